The van der Waals surface area contributed by atoms with Gasteiger partial charge >= 0.3 is 0 Å². The molecule has 0 aliphatic rings. The number of primary amides is 1. The zero-order chi connectivity index (χ0) is 12.5. The molecule has 94 valence electrons. The SMILES string of the molecule is CCCNCCCOc1ccc(C(N)=O)cc1. The number of benzene rings is 1. The number of hydrogen-bond donors (Lipinski definition) is 2. The molecule has 1 aromatic rings. The largest absolute Gasteiger partial charge is 0.494 e. The number of nitrogens with two attached hydrogens (primary N) is 1. The molecule has 0 saturated carbocycles. The van der Waals surface area contributed by atoms with Crippen molar-refractivity contribution in [1.29, 1.82) is 0 Å². The van der Waals surface area contributed by atoms with E-state index in [0.29, 0.717) is 12.2 Å². The summed E-state index contributed by atoms with van der Waals surface area (Å²) >= 11 is 0. The Morgan fingerprint density at radius 2 is 2.00 bits per heavy atom. The van der Waals surface area contributed by atoms with Crippen molar-refractivity contribution in [3.05, 3.63) is 29.8 Å². The maximum absolute atomic E-state index is 10.8. The van der Waals surface area contributed by atoms with Crippen LogP contribution in [0.15, 0.2) is 24.3 Å². The molecule has 0 radical (unpaired) electrons. The van der Waals surface area contributed by atoms with Crippen LogP contribution < -0.4 is 15.8 Å². The van der Waals surface area contributed by atoms with Gasteiger partial charge < -0.3 is 15.8 Å². The lowest BCUT2D eigenvalue weighted by Crippen LogP contribution is -2.18. The van der Waals surface area contributed by atoms with Crippen molar-refractivity contribution in [2.75, 3.05) is 19.7 Å². The van der Waals surface area contributed by atoms with Crippen molar-refractivity contribution < 1.29 is 9.53 Å². The monoisotopic (exact) mass is 236 g/mol. The van der Waals surface area contributed by atoms with Crippen LogP contribution in [0.25, 0.3) is 0 Å². The topological polar surface area (TPSA) is 64.3 Å². The average molecular weight is 236 g/mol. The fourth-order valence-corrected chi connectivity index (χ4v) is 1.40. The summed E-state index contributed by atoms with van der Waals surface area (Å²) in [5.74, 6) is 0.353. The predicted molar refractivity (Wildman–Crippen MR) is 68.2 cm³/mol. The highest BCUT2D eigenvalue weighted by Crippen LogP contribution is 2.11. The first-order valence-electron chi connectivity index (χ1n) is 5.97. The number of carbonyl (C=O) groups excluding carboxylic acids is 1. The summed E-state index contributed by atoms with van der Waals surface area (Å²) in [6.07, 6.45) is 2.12. The molecular formula is C13H20N2O2. The Morgan fingerprint density at radius 1 is 1.29 bits per heavy atom. The van der Waals surface area contributed by atoms with E-state index in [1.165, 1.54) is 0 Å². The van der Waals surface area contributed by atoms with Crippen molar-refractivity contribution in [2.24, 2.45) is 5.73 Å². The Balaban J connectivity index is 2.21. The van der Waals surface area contributed by atoms with Crippen LogP contribution in [0.1, 0.15) is 30.1 Å². The number of ether oxygens (including phenoxy) is 1. The van der Waals surface area contributed by atoms with E-state index in [4.69, 9.17) is 10.5 Å². The van der Waals surface area contributed by atoms with Crippen LogP contribution in [0, 0.1) is 0 Å². The zero-order valence-electron chi connectivity index (χ0n) is 10.2. The van der Waals surface area contributed by atoms with Gasteiger partial charge in [0.2, 0.25) is 5.91 Å². The van der Waals surface area contributed by atoms with Gasteiger partial charge in [0.25, 0.3) is 0 Å². The second-order valence-corrected chi connectivity index (χ2v) is 3.84. The number of amides is 1. The van der Waals surface area contributed by atoms with Crippen molar-refractivity contribution in [3.8, 4) is 5.75 Å². The Hall–Kier alpha value is -1.55. The van der Waals surface area contributed by atoms with Crippen LogP contribution in [0.3, 0.4) is 0 Å². The van der Waals surface area contributed by atoms with E-state index in [1.54, 1.807) is 24.3 Å². The molecule has 17 heavy (non-hydrogen) atoms. The molecule has 3 N–H and O–H groups in total. The lowest BCUT2D eigenvalue weighted by Gasteiger charge is -2.07. The molecule has 1 aromatic carbocycles. The Kier molecular flexibility index (Phi) is 6.10. The predicted octanol–water partition coefficient (Wildman–Crippen LogP) is 1.55. The van der Waals surface area contributed by atoms with Gasteiger partial charge in [0.05, 0.1) is 6.61 Å². The lowest BCUT2D eigenvalue weighted by molar-refractivity contribution is 0.100. The van der Waals surface area contributed by atoms with E-state index in [9.17, 15) is 4.79 Å². The van der Waals surface area contributed by atoms with E-state index in [1.807, 2.05) is 0 Å². The molecule has 0 spiro atoms. The normalized spacial score (nSPS) is 10.2. The molecule has 0 atom stereocenters. The van der Waals surface area contributed by atoms with Crippen LogP contribution in [0.2, 0.25) is 0 Å². The van der Waals surface area contributed by atoms with Crippen molar-refractivity contribution in [1.82, 2.24) is 5.32 Å². The first kappa shape index (κ1) is 13.5. The van der Waals surface area contributed by atoms with Gasteiger partial charge in [-0.1, -0.05) is 6.92 Å². The number of carbonyl (C=O) groups is 1. The van der Waals surface area contributed by atoms with E-state index in [2.05, 4.69) is 12.2 Å². The van der Waals surface area contributed by atoms with Crippen molar-refractivity contribution in [3.63, 3.8) is 0 Å². The molecule has 0 aromatic heterocycles. The van der Waals surface area contributed by atoms with Gasteiger partial charge in [-0.3, -0.25) is 4.79 Å². The maximum Gasteiger partial charge on any atom is 0.248 e. The molecule has 4 heteroatoms. The molecule has 0 aliphatic heterocycles. The van der Waals surface area contributed by atoms with Gasteiger partial charge in [-0.15, -0.1) is 0 Å². The molecule has 0 bridgehead atoms. The first-order valence-corrected chi connectivity index (χ1v) is 5.97. The number of hydrogen-bond acceptors (Lipinski definition) is 3. The molecule has 0 heterocycles. The fourth-order valence-electron chi connectivity index (χ4n) is 1.40. The highest BCUT2D eigenvalue weighted by atomic mass is 16.5. The van der Waals surface area contributed by atoms with Gasteiger partial charge in [0, 0.05) is 5.56 Å². The molecule has 0 unspecified atom stereocenters. The Labute approximate surface area is 102 Å². The number of rotatable bonds is 8. The quantitative estimate of drug-likeness (QED) is 0.673. The highest BCUT2D eigenvalue weighted by molar-refractivity contribution is 5.92. The lowest BCUT2D eigenvalue weighted by atomic mass is 10.2. The highest BCUT2D eigenvalue weighted by Gasteiger charge is 1.99. The van der Waals surface area contributed by atoms with Crippen LogP contribution in [-0.2, 0) is 0 Å². The van der Waals surface area contributed by atoms with Gasteiger partial charge in [0.1, 0.15) is 5.75 Å². The van der Waals surface area contributed by atoms with E-state index >= 15 is 0 Å². The smallest absolute Gasteiger partial charge is 0.248 e. The standard InChI is InChI=1S/C13H20N2O2/c1-2-8-15-9-3-10-17-12-6-4-11(5-7-12)13(14)16/h4-7,15H,2-3,8-10H2,1H3,(H2,14,16). The molecule has 4 nitrogen and oxygen atoms in total. The molecule has 0 saturated heterocycles. The molecule has 1 amide bonds. The minimum absolute atomic E-state index is 0.416. The molecule has 1 rings (SSSR count). The molecule has 0 fully saturated rings. The second-order valence-electron chi connectivity index (χ2n) is 3.84. The van der Waals surface area contributed by atoms with Crippen LogP contribution in [-0.4, -0.2) is 25.6 Å². The first-order chi connectivity index (χ1) is 8.24. The van der Waals surface area contributed by atoms with Gasteiger partial charge in [-0.2, -0.15) is 0 Å². The van der Waals surface area contributed by atoms with E-state index < -0.39 is 5.91 Å². The summed E-state index contributed by atoms with van der Waals surface area (Å²) in [5.41, 5.74) is 5.65. The third kappa shape index (κ3) is 5.36. The molecular weight excluding hydrogens is 216 g/mol. The zero-order valence-corrected chi connectivity index (χ0v) is 10.2. The van der Waals surface area contributed by atoms with Crippen molar-refractivity contribution >= 4 is 5.91 Å². The van der Waals surface area contributed by atoms with Crippen molar-refractivity contribution in [2.45, 2.75) is 19.8 Å². The summed E-state index contributed by atoms with van der Waals surface area (Å²) < 4.78 is 5.53. The summed E-state index contributed by atoms with van der Waals surface area (Å²) in [7, 11) is 0. The maximum atomic E-state index is 10.8. The van der Waals surface area contributed by atoms with Crippen LogP contribution >= 0.6 is 0 Å². The van der Waals surface area contributed by atoms with Gasteiger partial charge in [-0.05, 0) is 50.2 Å². The minimum Gasteiger partial charge on any atom is -0.494 e. The van der Waals surface area contributed by atoms with Gasteiger partial charge in [-0.25, -0.2) is 0 Å². The Bertz CT molecular complexity index is 336. The summed E-state index contributed by atoms with van der Waals surface area (Å²) in [4.78, 5) is 10.8. The van der Waals surface area contributed by atoms with Gasteiger partial charge in [0.15, 0.2) is 0 Å². The molecule has 0 aliphatic carbocycles. The average Bonchev–Trinajstić information content (AvgIpc) is 2.34. The van der Waals surface area contributed by atoms with E-state index in [0.717, 1.165) is 31.7 Å². The summed E-state index contributed by atoms with van der Waals surface area (Å²) in [5, 5.41) is 3.30. The van der Waals surface area contributed by atoms with E-state index in [-0.39, 0.29) is 0 Å². The number of nitrogens with one attached hydrogen (secondary N) is 1. The third-order valence-electron chi connectivity index (χ3n) is 2.33. The second kappa shape index (κ2) is 7.68. The van der Waals surface area contributed by atoms with Crippen LogP contribution in [0.4, 0.5) is 0 Å². The summed E-state index contributed by atoms with van der Waals surface area (Å²) in [6, 6.07) is 6.87. The minimum atomic E-state index is -0.416. The summed E-state index contributed by atoms with van der Waals surface area (Å²) in [6.45, 7) is 4.83. The fraction of sp³-hybridized carbons (Fsp3) is 0.462. The Morgan fingerprint density at radius 3 is 2.59 bits per heavy atom. The third-order valence-corrected chi connectivity index (χ3v) is 2.33. The van der Waals surface area contributed by atoms with Crippen LogP contribution in [0.5, 0.6) is 5.75 Å².